The summed E-state index contributed by atoms with van der Waals surface area (Å²) in [6.07, 6.45) is 1.82. The molecule has 0 saturated carbocycles. The maximum absolute atomic E-state index is 11.5. The van der Waals surface area contributed by atoms with Crippen LogP contribution in [0.3, 0.4) is 0 Å². The fourth-order valence-corrected chi connectivity index (χ4v) is 2.55. The minimum atomic E-state index is -0.0849. The molecule has 3 N–H and O–H groups in total. The summed E-state index contributed by atoms with van der Waals surface area (Å²) in [7, 11) is 0. The number of hydrogen-bond acceptors (Lipinski definition) is 4. The second-order valence-corrected chi connectivity index (χ2v) is 5.29. The van der Waals surface area contributed by atoms with Crippen LogP contribution in [-0.4, -0.2) is 9.97 Å². The van der Waals surface area contributed by atoms with Gasteiger partial charge in [-0.25, -0.2) is 4.98 Å². The molecule has 19 heavy (non-hydrogen) atoms. The van der Waals surface area contributed by atoms with Crippen molar-refractivity contribution in [3.05, 3.63) is 51.9 Å². The van der Waals surface area contributed by atoms with Crippen LogP contribution in [0.2, 0.25) is 0 Å². The minimum absolute atomic E-state index is 0.0849. The number of hydrogen-bond donors (Lipinski definition) is 2. The Labute approximate surface area is 116 Å². The molecule has 5 heteroatoms. The molecular formula is C14H17N3OS. The second kappa shape index (κ2) is 6.43. The normalized spacial score (nSPS) is 10.6. The summed E-state index contributed by atoms with van der Waals surface area (Å²) in [5, 5.41) is 0.674. The molecule has 0 aliphatic heterocycles. The number of nitrogens with zero attached hydrogens (tertiary/aromatic N) is 1. The highest BCUT2D eigenvalue weighted by Gasteiger charge is 2.02. The minimum Gasteiger partial charge on any atom is -0.399 e. The van der Waals surface area contributed by atoms with E-state index in [2.05, 4.69) is 16.9 Å². The van der Waals surface area contributed by atoms with Gasteiger partial charge in [0.25, 0.3) is 5.56 Å². The van der Waals surface area contributed by atoms with Crippen LogP contribution in [0.1, 0.15) is 24.6 Å². The maximum Gasteiger partial charge on any atom is 0.251 e. The molecule has 0 atom stereocenters. The van der Waals surface area contributed by atoms with Gasteiger partial charge in [0.15, 0.2) is 5.16 Å². The number of nitrogens with two attached hydrogens (primary N) is 1. The molecule has 1 aromatic carbocycles. The molecule has 2 aromatic rings. The van der Waals surface area contributed by atoms with Gasteiger partial charge in [0, 0.05) is 23.2 Å². The predicted octanol–water partition coefficient (Wildman–Crippen LogP) is 2.60. The number of H-pyrrole nitrogens is 1. The Morgan fingerprint density at radius 1 is 1.32 bits per heavy atom. The van der Waals surface area contributed by atoms with Gasteiger partial charge in [0.05, 0.1) is 0 Å². The number of anilines is 1. The topological polar surface area (TPSA) is 71.8 Å². The van der Waals surface area contributed by atoms with Crippen molar-refractivity contribution in [1.29, 1.82) is 0 Å². The van der Waals surface area contributed by atoms with Crippen molar-refractivity contribution in [1.82, 2.24) is 9.97 Å². The van der Waals surface area contributed by atoms with E-state index in [0.717, 1.165) is 35.5 Å². The third-order valence-corrected chi connectivity index (χ3v) is 3.58. The predicted molar refractivity (Wildman–Crippen MR) is 79.3 cm³/mol. The molecule has 4 nitrogen and oxygen atoms in total. The van der Waals surface area contributed by atoms with Gasteiger partial charge in [0.2, 0.25) is 0 Å². The van der Waals surface area contributed by atoms with Crippen molar-refractivity contribution in [2.75, 3.05) is 5.73 Å². The average molecular weight is 275 g/mol. The second-order valence-electron chi connectivity index (χ2n) is 4.32. The molecule has 2 rings (SSSR count). The molecule has 0 aliphatic carbocycles. The Hall–Kier alpha value is -1.75. The first-order valence-corrected chi connectivity index (χ1v) is 7.23. The van der Waals surface area contributed by atoms with Crippen LogP contribution in [0.25, 0.3) is 0 Å². The molecule has 0 unspecified atom stereocenters. The summed E-state index contributed by atoms with van der Waals surface area (Å²) >= 11 is 1.53. The van der Waals surface area contributed by atoms with Gasteiger partial charge < -0.3 is 10.7 Å². The zero-order valence-corrected chi connectivity index (χ0v) is 11.7. The van der Waals surface area contributed by atoms with Crippen molar-refractivity contribution in [2.24, 2.45) is 0 Å². The van der Waals surface area contributed by atoms with Crippen molar-refractivity contribution in [2.45, 2.75) is 30.7 Å². The Morgan fingerprint density at radius 3 is 2.74 bits per heavy atom. The first-order valence-electron chi connectivity index (χ1n) is 6.25. The first-order chi connectivity index (χ1) is 9.17. The third kappa shape index (κ3) is 4.13. The van der Waals surface area contributed by atoms with Gasteiger partial charge in [-0.15, -0.1) is 0 Å². The summed E-state index contributed by atoms with van der Waals surface area (Å²) in [5.74, 6) is 0.763. The van der Waals surface area contributed by atoms with Crippen LogP contribution in [0.4, 0.5) is 5.69 Å². The zero-order chi connectivity index (χ0) is 13.7. The number of rotatable bonds is 5. The number of aromatic nitrogens is 2. The Kier molecular flexibility index (Phi) is 4.63. The van der Waals surface area contributed by atoms with E-state index < -0.39 is 0 Å². The van der Waals surface area contributed by atoms with Crippen LogP contribution in [-0.2, 0) is 12.2 Å². The molecule has 100 valence electrons. The van der Waals surface area contributed by atoms with Crippen LogP contribution in [0.15, 0.2) is 40.3 Å². The highest BCUT2D eigenvalue weighted by atomic mass is 32.2. The molecule has 0 radical (unpaired) electrons. The van der Waals surface area contributed by atoms with E-state index >= 15 is 0 Å². The molecule has 0 saturated heterocycles. The van der Waals surface area contributed by atoms with E-state index in [-0.39, 0.29) is 5.56 Å². The lowest BCUT2D eigenvalue weighted by molar-refractivity contribution is 0.816. The molecular weight excluding hydrogens is 258 g/mol. The molecule has 0 spiro atoms. The highest BCUT2D eigenvalue weighted by Crippen LogP contribution is 2.19. The monoisotopic (exact) mass is 275 g/mol. The average Bonchev–Trinajstić information content (AvgIpc) is 2.38. The smallest absolute Gasteiger partial charge is 0.251 e. The summed E-state index contributed by atoms with van der Waals surface area (Å²) in [6.45, 7) is 2.07. The van der Waals surface area contributed by atoms with Crippen molar-refractivity contribution < 1.29 is 0 Å². The number of aromatic amines is 1. The van der Waals surface area contributed by atoms with Crippen LogP contribution in [0, 0.1) is 0 Å². The molecule has 0 fully saturated rings. The molecule has 1 heterocycles. The van der Waals surface area contributed by atoms with Gasteiger partial charge >= 0.3 is 0 Å². The number of nitrogens with one attached hydrogen (secondary N) is 1. The van der Waals surface area contributed by atoms with E-state index in [4.69, 9.17) is 5.73 Å². The lowest BCUT2D eigenvalue weighted by atomic mass is 10.2. The van der Waals surface area contributed by atoms with Gasteiger partial charge in [-0.2, -0.15) is 0 Å². The zero-order valence-electron chi connectivity index (χ0n) is 10.8. The van der Waals surface area contributed by atoms with Gasteiger partial charge in [-0.1, -0.05) is 37.2 Å². The van der Waals surface area contributed by atoms with Crippen molar-refractivity contribution >= 4 is 17.4 Å². The van der Waals surface area contributed by atoms with Gasteiger partial charge in [-0.05, 0) is 24.1 Å². The number of benzene rings is 1. The molecule has 0 amide bonds. The number of aryl methyl sites for hydroxylation is 1. The van der Waals surface area contributed by atoms with Gasteiger partial charge in [0.1, 0.15) is 0 Å². The molecule has 0 aliphatic rings. The van der Waals surface area contributed by atoms with Crippen LogP contribution < -0.4 is 11.3 Å². The van der Waals surface area contributed by atoms with E-state index in [0.29, 0.717) is 5.16 Å². The van der Waals surface area contributed by atoms with E-state index in [1.165, 1.54) is 11.8 Å². The largest absolute Gasteiger partial charge is 0.399 e. The number of thioether (sulfide) groups is 1. The number of nitrogen functional groups attached to an aromatic ring is 1. The van der Waals surface area contributed by atoms with Crippen LogP contribution >= 0.6 is 11.8 Å². The fourth-order valence-electron chi connectivity index (χ4n) is 1.70. The molecule has 0 bridgehead atoms. The SMILES string of the molecule is CCCc1cc(=O)[nH]c(SCc2ccc(N)cc2)n1. The fraction of sp³-hybridized carbons (Fsp3) is 0.286. The summed E-state index contributed by atoms with van der Waals surface area (Å²) in [6, 6.07) is 9.28. The van der Waals surface area contributed by atoms with Crippen molar-refractivity contribution in [3.8, 4) is 0 Å². The standard InChI is InChI=1S/C14H17N3OS/c1-2-3-12-8-13(18)17-14(16-12)19-9-10-4-6-11(15)7-5-10/h4-8H,2-3,9,15H2,1H3,(H,16,17,18). The third-order valence-electron chi connectivity index (χ3n) is 2.63. The van der Waals surface area contributed by atoms with E-state index in [1.54, 1.807) is 6.07 Å². The molecule has 1 aromatic heterocycles. The lowest BCUT2D eigenvalue weighted by Crippen LogP contribution is -2.09. The summed E-state index contributed by atoms with van der Waals surface area (Å²) < 4.78 is 0. The van der Waals surface area contributed by atoms with Gasteiger partial charge in [-0.3, -0.25) is 4.79 Å². The Balaban J connectivity index is 2.06. The highest BCUT2D eigenvalue weighted by molar-refractivity contribution is 7.98. The summed E-state index contributed by atoms with van der Waals surface area (Å²) in [5.41, 5.74) is 8.32. The Morgan fingerprint density at radius 2 is 2.05 bits per heavy atom. The van der Waals surface area contributed by atoms with E-state index in [1.807, 2.05) is 24.3 Å². The quantitative estimate of drug-likeness (QED) is 0.500. The Bertz CT molecular complexity index is 592. The van der Waals surface area contributed by atoms with Crippen LogP contribution in [0.5, 0.6) is 0 Å². The maximum atomic E-state index is 11.5. The first kappa shape index (κ1) is 13.7. The lowest BCUT2D eigenvalue weighted by Gasteiger charge is -2.04. The van der Waals surface area contributed by atoms with Crippen molar-refractivity contribution in [3.63, 3.8) is 0 Å². The summed E-state index contributed by atoms with van der Waals surface area (Å²) in [4.78, 5) is 18.7. The van der Waals surface area contributed by atoms with E-state index in [9.17, 15) is 4.79 Å².